The topological polar surface area (TPSA) is 88.6 Å². The number of aromatic amines is 1. The van der Waals surface area contributed by atoms with E-state index in [2.05, 4.69) is 20.6 Å². The van der Waals surface area contributed by atoms with Crippen LogP contribution in [-0.2, 0) is 9.84 Å². The fraction of sp³-hybridized carbons (Fsp3) is 0.0833. The van der Waals surface area contributed by atoms with E-state index in [9.17, 15) is 8.42 Å². The maximum absolute atomic E-state index is 12.0. The van der Waals surface area contributed by atoms with Crippen molar-refractivity contribution >= 4 is 21.2 Å². The second-order valence-electron chi connectivity index (χ2n) is 4.16. The van der Waals surface area contributed by atoms with Crippen molar-refractivity contribution < 1.29 is 8.42 Å². The largest absolute Gasteiger partial charge is 0.224 e. The summed E-state index contributed by atoms with van der Waals surface area (Å²) in [7, 11) is -3.39. The molecule has 0 spiro atoms. The van der Waals surface area contributed by atoms with Crippen molar-refractivity contribution in [3.8, 4) is 21.8 Å². The molecule has 1 aromatic carbocycles. The number of rotatable bonds is 3. The van der Waals surface area contributed by atoms with E-state index in [0.717, 1.165) is 10.4 Å². The molecule has 0 aliphatic heterocycles. The quantitative estimate of drug-likeness (QED) is 0.799. The number of aromatic nitrogens is 4. The molecule has 0 radical (unpaired) electrons. The fourth-order valence-corrected chi connectivity index (χ4v) is 3.63. The SMILES string of the molecule is CS(=O)(=O)c1cccc(-c2cccs2)c1-c1nn[nH]n1. The molecule has 0 saturated carbocycles. The Kier molecular flexibility index (Phi) is 3.11. The molecule has 2 aromatic heterocycles. The third kappa shape index (κ3) is 2.23. The van der Waals surface area contributed by atoms with Crippen LogP contribution in [0.5, 0.6) is 0 Å². The second kappa shape index (κ2) is 4.80. The molecule has 0 unspecified atom stereocenters. The van der Waals surface area contributed by atoms with Gasteiger partial charge in [-0.1, -0.05) is 18.2 Å². The summed E-state index contributed by atoms with van der Waals surface area (Å²) in [6.07, 6.45) is 1.17. The predicted molar refractivity (Wildman–Crippen MR) is 76.0 cm³/mol. The van der Waals surface area contributed by atoms with E-state index in [-0.39, 0.29) is 10.7 Å². The highest BCUT2D eigenvalue weighted by Crippen LogP contribution is 2.37. The molecule has 0 aliphatic rings. The van der Waals surface area contributed by atoms with Crippen LogP contribution >= 0.6 is 11.3 Å². The monoisotopic (exact) mass is 306 g/mol. The zero-order chi connectivity index (χ0) is 14.2. The van der Waals surface area contributed by atoms with Crippen LogP contribution in [0.25, 0.3) is 21.8 Å². The Balaban J connectivity index is 2.37. The Morgan fingerprint density at radius 3 is 2.65 bits per heavy atom. The van der Waals surface area contributed by atoms with Gasteiger partial charge in [-0.3, -0.25) is 0 Å². The summed E-state index contributed by atoms with van der Waals surface area (Å²) in [4.78, 5) is 1.15. The van der Waals surface area contributed by atoms with E-state index >= 15 is 0 Å². The van der Waals surface area contributed by atoms with Crippen LogP contribution in [0.15, 0.2) is 40.6 Å². The summed E-state index contributed by atoms with van der Waals surface area (Å²) in [5, 5.41) is 15.7. The van der Waals surface area contributed by atoms with E-state index in [1.807, 2.05) is 23.6 Å². The van der Waals surface area contributed by atoms with Gasteiger partial charge < -0.3 is 0 Å². The van der Waals surface area contributed by atoms with Gasteiger partial charge in [0.1, 0.15) is 0 Å². The normalized spacial score (nSPS) is 11.7. The Hall–Kier alpha value is -2.06. The predicted octanol–water partition coefficient (Wildman–Crippen LogP) is 2.00. The van der Waals surface area contributed by atoms with Gasteiger partial charge in [-0.2, -0.15) is 5.21 Å². The van der Waals surface area contributed by atoms with Crippen molar-refractivity contribution in [2.45, 2.75) is 4.90 Å². The van der Waals surface area contributed by atoms with Crippen LogP contribution in [0.3, 0.4) is 0 Å². The minimum atomic E-state index is -3.39. The molecule has 6 nitrogen and oxygen atoms in total. The average molecular weight is 306 g/mol. The van der Waals surface area contributed by atoms with Crippen LogP contribution in [-0.4, -0.2) is 35.3 Å². The fourth-order valence-electron chi connectivity index (χ4n) is 1.98. The first-order chi connectivity index (χ1) is 9.57. The number of hydrogen-bond donors (Lipinski definition) is 1. The Morgan fingerprint density at radius 2 is 2.05 bits per heavy atom. The molecule has 3 rings (SSSR count). The average Bonchev–Trinajstić information content (AvgIpc) is 3.10. The third-order valence-corrected chi connectivity index (χ3v) is 4.82. The lowest BCUT2D eigenvalue weighted by Gasteiger charge is -2.09. The molecular formula is C12H10N4O2S2. The lowest BCUT2D eigenvalue weighted by molar-refractivity contribution is 0.602. The molecule has 8 heteroatoms. The summed E-state index contributed by atoms with van der Waals surface area (Å²) in [5.41, 5.74) is 1.26. The molecule has 1 N–H and O–H groups in total. The van der Waals surface area contributed by atoms with Crippen LogP contribution in [0, 0.1) is 0 Å². The minimum Gasteiger partial charge on any atom is -0.224 e. The number of H-pyrrole nitrogens is 1. The number of nitrogens with zero attached hydrogens (tertiary/aromatic N) is 3. The zero-order valence-corrected chi connectivity index (χ0v) is 12.1. The number of tetrazole rings is 1. The molecule has 2 heterocycles. The number of hydrogen-bond acceptors (Lipinski definition) is 6. The van der Waals surface area contributed by atoms with Crippen molar-refractivity contribution in [3.63, 3.8) is 0 Å². The van der Waals surface area contributed by atoms with Gasteiger partial charge in [-0.15, -0.1) is 21.5 Å². The highest BCUT2D eigenvalue weighted by molar-refractivity contribution is 7.90. The van der Waals surface area contributed by atoms with Crippen LogP contribution in [0.1, 0.15) is 0 Å². The summed E-state index contributed by atoms with van der Waals surface area (Å²) < 4.78 is 24.0. The van der Waals surface area contributed by atoms with Gasteiger partial charge >= 0.3 is 0 Å². The number of benzene rings is 1. The Labute approximate surface area is 119 Å². The van der Waals surface area contributed by atoms with E-state index in [1.54, 1.807) is 12.1 Å². The molecular weight excluding hydrogens is 296 g/mol. The van der Waals surface area contributed by atoms with Crippen LogP contribution in [0.4, 0.5) is 0 Å². The maximum atomic E-state index is 12.0. The lowest BCUT2D eigenvalue weighted by Crippen LogP contribution is -2.02. The van der Waals surface area contributed by atoms with E-state index < -0.39 is 9.84 Å². The zero-order valence-electron chi connectivity index (χ0n) is 10.4. The molecule has 0 amide bonds. The van der Waals surface area contributed by atoms with Gasteiger partial charge in [0, 0.05) is 16.7 Å². The van der Waals surface area contributed by atoms with E-state index in [0.29, 0.717) is 5.56 Å². The molecule has 0 saturated heterocycles. The molecule has 0 aliphatic carbocycles. The highest BCUT2D eigenvalue weighted by atomic mass is 32.2. The van der Waals surface area contributed by atoms with Crippen molar-refractivity contribution in [1.29, 1.82) is 0 Å². The maximum Gasteiger partial charge on any atom is 0.206 e. The summed E-state index contributed by atoms with van der Waals surface area (Å²) in [5.74, 6) is 0.273. The summed E-state index contributed by atoms with van der Waals surface area (Å²) in [6.45, 7) is 0. The smallest absolute Gasteiger partial charge is 0.206 e. The second-order valence-corrected chi connectivity index (χ2v) is 7.10. The Morgan fingerprint density at radius 1 is 1.20 bits per heavy atom. The molecule has 20 heavy (non-hydrogen) atoms. The number of sulfone groups is 1. The molecule has 3 aromatic rings. The minimum absolute atomic E-state index is 0.199. The van der Waals surface area contributed by atoms with Gasteiger partial charge in [-0.25, -0.2) is 8.42 Å². The first-order valence-corrected chi connectivity index (χ1v) is 8.45. The molecule has 0 fully saturated rings. The molecule has 102 valence electrons. The van der Waals surface area contributed by atoms with Crippen LogP contribution < -0.4 is 0 Å². The van der Waals surface area contributed by atoms with Gasteiger partial charge in [0.2, 0.25) is 5.82 Å². The third-order valence-electron chi connectivity index (χ3n) is 2.78. The summed E-state index contributed by atoms with van der Waals surface area (Å²) >= 11 is 1.53. The van der Waals surface area contributed by atoms with Gasteiger partial charge in [0.05, 0.1) is 10.5 Å². The van der Waals surface area contributed by atoms with E-state index in [4.69, 9.17) is 0 Å². The highest BCUT2D eigenvalue weighted by Gasteiger charge is 2.22. The van der Waals surface area contributed by atoms with Crippen molar-refractivity contribution in [3.05, 3.63) is 35.7 Å². The molecule has 0 atom stereocenters. The first kappa shape index (κ1) is 12.9. The first-order valence-electron chi connectivity index (χ1n) is 5.68. The standard InChI is InChI=1S/C12H10N4O2S2/c1-20(17,18)10-6-2-4-8(9-5-3-7-19-9)11(10)12-13-15-16-14-12/h2-7H,1H3,(H,13,14,15,16). The van der Waals surface area contributed by atoms with Gasteiger partial charge in [-0.05, 0) is 22.7 Å². The molecule has 0 bridgehead atoms. The summed E-state index contributed by atoms with van der Waals surface area (Å²) in [6, 6.07) is 8.96. The van der Waals surface area contributed by atoms with Crippen molar-refractivity contribution in [2.75, 3.05) is 6.26 Å². The van der Waals surface area contributed by atoms with Crippen molar-refractivity contribution in [1.82, 2.24) is 20.6 Å². The van der Waals surface area contributed by atoms with Crippen molar-refractivity contribution in [2.24, 2.45) is 0 Å². The number of thiophene rings is 1. The Bertz CT molecular complexity index is 824. The van der Waals surface area contributed by atoms with E-state index in [1.165, 1.54) is 17.6 Å². The van der Waals surface area contributed by atoms with Crippen LogP contribution in [0.2, 0.25) is 0 Å². The lowest BCUT2D eigenvalue weighted by atomic mass is 10.1. The van der Waals surface area contributed by atoms with Gasteiger partial charge in [0.25, 0.3) is 0 Å². The number of nitrogens with one attached hydrogen (secondary N) is 1. The van der Waals surface area contributed by atoms with Gasteiger partial charge in [0.15, 0.2) is 9.84 Å².